The number of halogens is 1. The molecule has 0 unspecified atom stereocenters. The van der Waals surface area contributed by atoms with Crippen LogP contribution >= 0.6 is 23.1 Å². The van der Waals surface area contributed by atoms with Crippen LogP contribution in [0.1, 0.15) is 24.0 Å². The van der Waals surface area contributed by atoms with Crippen LogP contribution in [0, 0.1) is 5.82 Å². The molecule has 0 bridgehead atoms. The summed E-state index contributed by atoms with van der Waals surface area (Å²) < 4.78 is 13.2. The monoisotopic (exact) mass is 282 g/mol. The average molecular weight is 282 g/mol. The number of thiazole rings is 1. The van der Waals surface area contributed by atoms with Crippen LogP contribution < -0.4 is 5.73 Å². The summed E-state index contributed by atoms with van der Waals surface area (Å²) >= 11 is 3.25. The van der Waals surface area contributed by atoms with E-state index >= 15 is 0 Å². The van der Waals surface area contributed by atoms with Crippen LogP contribution in [0.2, 0.25) is 0 Å². The summed E-state index contributed by atoms with van der Waals surface area (Å²) in [6, 6.07) is 4.61. The van der Waals surface area contributed by atoms with E-state index in [0.717, 1.165) is 29.2 Å². The zero-order valence-corrected chi connectivity index (χ0v) is 11.8. The Labute approximate surface area is 114 Å². The first-order chi connectivity index (χ1) is 8.67. The van der Waals surface area contributed by atoms with Gasteiger partial charge in [-0.3, -0.25) is 0 Å². The second-order valence-corrected chi connectivity index (χ2v) is 5.98. The lowest BCUT2D eigenvalue weighted by Gasteiger charge is -2.01. The number of hydrogen-bond acceptors (Lipinski definition) is 4. The molecule has 2 rings (SSSR count). The highest BCUT2D eigenvalue weighted by Crippen LogP contribution is 2.26. The Bertz CT molecular complexity index is 505. The van der Waals surface area contributed by atoms with Gasteiger partial charge >= 0.3 is 0 Å². The molecule has 0 aliphatic heterocycles. The Kier molecular flexibility index (Phi) is 4.60. The third kappa shape index (κ3) is 3.71. The standard InChI is InChI=1S/C13H15FN2S2/c1-2-3-13-16-11(8-18-13)7-17-12-5-9(14)4-10(15)6-12/h4-6,8H,2-3,7,15H2,1H3. The zero-order chi connectivity index (χ0) is 13.0. The van der Waals surface area contributed by atoms with Crippen LogP contribution in [-0.4, -0.2) is 4.98 Å². The number of hydrogen-bond donors (Lipinski definition) is 1. The number of thioether (sulfide) groups is 1. The van der Waals surface area contributed by atoms with E-state index in [9.17, 15) is 4.39 Å². The summed E-state index contributed by atoms with van der Waals surface area (Å²) in [5, 5.41) is 3.24. The maximum Gasteiger partial charge on any atom is 0.126 e. The maximum absolute atomic E-state index is 13.2. The van der Waals surface area contributed by atoms with Crippen LogP contribution in [0.4, 0.5) is 10.1 Å². The molecule has 0 saturated heterocycles. The van der Waals surface area contributed by atoms with Crippen LogP contribution in [0.25, 0.3) is 0 Å². The van der Waals surface area contributed by atoms with Gasteiger partial charge in [-0.1, -0.05) is 6.92 Å². The first kappa shape index (κ1) is 13.4. The highest BCUT2D eigenvalue weighted by Gasteiger charge is 2.04. The van der Waals surface area contributed by atoms with E-state index in [1.807, 2.05) is 0 Å². The van der Waals surface area contributed by atoms with E-state index in [2.05, 4.69) is 17.3 Å². The molecule has 0 atom stereocenters. The minimum Gasteiger partial charge on any atom is -0.399 e. The van der Waals surface area contributed by atoms with E-state index in [-0.39, 0.29) is 5.82 Å². The van der Waals surface area contributed by atoms with Gasteiger partial charge in [0, 0.05) is 21.7 Å². The van der Waals surface area contributed by atoms with Gasteiger partial charge in [0.2, 0.25) is 0 Å². The number of nitrogens with zero attached hydrogens (tertiary/aromatic N) is 1. The topological polar surface area (TPSA) is 38.9 Å². The van der Waals surface area contributed by atoms with Gasteiger partial charge in [-0.2, -0.15) is 0 Å². The summed E-state index contributed by atoms with van der Waals surface area (Å²) in [6.07, 6.45) is 2.14. The van der Waals surface area contributed by atoms with E-state index in [1.54, 1.807) is 29.2 Å². The van der Waals surface area contributed by atoms with Crippen LogP contribution in [0.5, 0.6) is 0 Å². The van der Waals surface area contributed by atoms with Gasteiger partial charge in [0.1, 0.15) is 5.82 Å². The third-order valence-electron chi connectivity index (χ3n) is 2.34. The maximum atomic E-state index is 13.2. The predicted molar refractivity (Wildman–Crippen MR) is 76.5 cm³/mol. The van der Waals surface area contributed by atoms with Crippen LogP contribution in [0.3, 0.4) is 0 Å². The molecule has 1 aromatic heterocycles. The highest BCUT2D eigenvalue weighted by molar-refractivity contribution is 7.98. The lowest BCUT2D eigenvalue weighted by atomic mass is 10.3. The van der Waals surface area contributed by atoms with Crippen molar-refractivity contribution in [1.29, 1.82) is 0 Å². The van der Waals surface area contributed by atoms with Gasteiger partial charge in [-0.15, -0.1) is 23.1 Å². The summed E-state index contributed by atoms with van der Waals surface area (Å²) in [7, 11) is 0. The fourth-order valence-corrected chi connectivity index (χ4v) is 3.45. The number of nitrogens with two attached hydrogens (primary N) is 1. The van der Waals surface area contributed by atoms with Gasteiger partial charge in [-0.25, -0.2) is 9.37 Å². The molecule has 2 N–H and O–H groups in total. The van der Waals surface area contributed by atoms with Crippen molar-refractivity contribution in [1.82, 2.24) is 4.98 Å². The molecular weight excluding hydrogens is 267 g/mol. The van der Waals surface area contributed by atoms with E-state index in [4.69, 9.17) is 5.73 Å². The predicted octanol–water partition coefficient (Wildman–Crippen LogP) is 4.11. The largest absolute Gasteiger partial charge is 0.399 e. The van der Waals surface area contributed by atoms with Crippen LogP contribution in [-0.2, 0) is 12.2 Å². The Morgan fingerprint density at radius 3 is 2.94 bits per heavy atom. The number of aryl methyl sites for hydroxylation is 1. The minimum atomic E-state index is -0.289. The van der Waals surface area contributed by atoms with Gasteiger partial charge in [0.15, 0.2) is 0 Å². The second kappa shape index (κ2) is 6.20. The fourth-order valence-electron chi connectivity index (χ4n) is 1.57. The SMILES string of the molecule is CCCc1nc(CSc2cc(N)cc(F)c2)cs1. The lowest BCUT2D eigenvalue weighted by Crippen LogP contribution is -1.88. The van der Waals surface area contributed by atoms with Crippen molar-refractivity contribution in [2.75, 3.05) is 5.73 Å². The van der Waals surface area contributed by atoms with Gasteiger partial charge < -0.3 is 5.73 Å². The zero-order valence-electron chi connectivity index (χ0n) is 10.1. The average Bonchev–Trinajstić information content (AvgIpc) is 2.74. The molecule has 0 amide bonds. The summed E-state index contributed by atoms with van der Waals surface area (Å²) in [5.41, 5.74) is 7.12. The molecule has 0 spiro atoms. The third-order valence-corrected chi connectivity index (χ3v) is 4.31. The van der Waals surface area contributed by atoms with Gasteiger partial charge in [-0.05, 0) is 31.0 Å². The van der Waals surface area contributed by atoms with Crippen molar-refractivity contribution >= 4 is 28.8 Å². The smallest absolute Gasteiger partial charge is 0.126 e. The number of anilines is 1. The molecule has 0 fully saturated rings. The quantitative estimate of drug-likeness (QED) is 0.662. The van der Waals surface area contributed by atoms with Gasteiger partial charge in [0.25, 0.3) is 0 Å². The summed E-state index contributed by atoms with van der Waals surface area (Å²) in [5.74, 6) is 0.464. The molecule has 0 saturated carbocycles. The van der Waals surface area contributed by atoms with Gasteiger partial charge in [0.05, 0.1) is 10.7 Å². The number of rotatable bonds is 5. The Balaban J connectivity index is 1.97. The lowest BCUT2D eigenvalue weighted by molar-refractivity contribution is 0.625. The van der Waals surface area contributed by atoms with Crippen molar-refractivity contribution in [3.8, 4) is 0 Å². The fraction of sp³-hybridized carbons (Fsp3) is 0.308. The summed E-state index contributed by atoms with van der Waals surface area (Å²) in [6.45, 7) is 2.14. The van der Waals surface area contributed by atoms with E-state index in [0.29, 0.717) is 5.69 Å². The molecule has 2 nitrogen and oxygen atoms in total. The number of benzene rings is 1. The van der Waals surface area contributed by atoms with Crippen molar-refractivity contribution in [2.45, 2.75) is 30.4 Å². The molecule has 0 aliphatic rings. The van der Waals surface area contributed by atoms with Crippen molar-refractivity contribution in [3.63, 3.8) is 0 Å². The van der Waals surface area contributed by atoms with Crippen molar-refractivity contribution < 1.29 is 4.39 Å². The molecule has 5 heteroatoms. The molecule has 0 radical (unpaired) electrons. The molecule has 0 aliphatic carbocycles. The van der Waals surface area contributed by atoms with Crippen LogP contribution in [0.15, 0.2) is 28.5 Å². The minimum absolute atomic E-state index is 0.289. The van der Waals surface area contributed by atoms with E-state index < -0.39 is 0 Å². The molecular formula is C13H15FN2S2. The van der Waals surface area contributed by atoms with Crippen molar-refractivity contribution in [2.24, 2.45) is 0 Å². The number of nitrogen functional groups attached to an aromatic ring is 1. The first-order valence-electron chi connectivity index (χ1n) is 5.79. The summed E-state index contributed by atoms with van der Waals surface area (Å²) in [4.78, 5) is 5.38. The Hall–Kier alpha value is -1.07. The molecule has 18 heavy (non-hydrogen) atoms. The normalized spacial score (nSPS) is 10.8. The molecule has 1 heterocycles. The highest BCUT2D eigenvalue weighted by atomic mass is 32.2. The number of aromatic nitrogens is 1. The Morgan fingerprint density at radius 1 is 1.39 bits per heavy atom. The second-order valence-electron chi connectivity index (χ2n) is 3.99. The Morgan fingerprint density at radius 2 is 2.22 bits per heavy atom. The van der Waals surface area contributed by atoms with Crippen molar-refractivity contribution in [3.05, 3.63) is 40.1 Å². The molecule has 1 aromatic carbocycles. The van der Waals surface area contributed by atoms with E-state index in [1.165, 1.54) is 17.1 Å². The molecule has 2 aromatic rings. The molecule has 96 valence electrons. The first-order valence-corrected chi connectivity index (χ1v) is 7.66.